The molecular weight excluding hydrogens is 430 g/mol. The minimum absolute atomic E-state index is 0.00434. The Kier molecular flexibility index (Phi) is 6.77. The maximum atomic E-state index is 13.6. The van der Waals surface area contributed by atoms with Gasteiger partial charge in [0, 0.05) is 51.4 Å². The number of piperidine rings is 2. The smallest absolute Gasteiger partial charge is 0.253 e. The quantitative estimate of drug-likeness (QED) is 0.679. The molecule has 184 valence electrons. The van der Waals surface area contributed by atoms with E-state index in [1.165, 1.54) is 6.42 Å². The number of carbonyl (C=O) groups is 3. The third-order valence-electron chi connectivity index (χ3n) is 7.99. The fourth-order valence-electron chi connectivity index (χ4n) is 5.88. The molecule has 8 heteroatoms. The molecular formula is C26H37N5O3. The Balaban J connectivity index is 1.42. The Bertz CT molecular complexity index is 936. The molecule has 1 atom stereocenters. The van der Waals surface area contributed by atoms with Crippen LogP contribution in [-0.4, -0.2) is 97.4 Å². The lowest BCUT2D eigenvalue weighted by Gasteiger charge is -2.45. The number of amides is 3. The minimum Gasteiger partial charge on any atom is -0.358 e. The summed E-state index contributed by atoms with van der Waals surface area (Å²) in [5.41, 5.74) is 2.30. The van der Waals surface area contributed by atoms with E-state index < -0.39 is 0 Å². The molecule has 4 heterocycles. The van der Waals surface area contributed by atoms with Crippen molar-refractivity contribution in [1.29, 1.82) is 0 Å². The summed E-state index contributed by atoms with van der Waals surface area (Å²) in [4.78, 5) is 50.1. The lowest BCUT2D eigenvalue weighted by Crippen LogP contribution is -2.58. The number of hydrogen-bond acceptors (Lipinski definition) is 5. The molecule has 4 aliphatic heterocycles. The highest BCUT2D eigenvalue weighted by Crippen LogP contribution is 2.40. The van der Waals surface area contributed by atoms with E-state index in [1.54, 1.807) is 4.90 Å². The zero-order valence-corrected chi connectivity index (χ0v) is 20.4. The van der Waals surface area contributed by atoms with Gasteiger partial charge in [0.25, 0.3) is 5.91 Å². The number of hydrogen-bond donors (Lipinski definition) is 0. The van der Waals surface area contributed by atoms with E-state index in [0.717, 1.165) is 77.1 Å². The van der Waals surface area contributed by atoms with Crippen molar-refractivity contribution in [2.45, 2.75) is 51.5 Å². The van der Waals surface area contributed by atoms with Crippen molar-refractivity contribution >= 4 is 29.1 Å². The van der Waals surface area contributed by atoms with Gasteiger partial charge >= 0.3 is 0 Å². The minimum atomic E-state index is -0.213. The number of anilines is 2. The van der Waals surface area contributed by atoms with Crippen LogP contribution < -0.4 is 9.80 Å². The normalized spacial score (nSPS) is 23.6. The van der Waals surface area contributed by atoms with Gasteiger partial charge in [0.15, 0.2) is 0 Å². The van der Waals surface area contributed by atoms with Gasteiger partial charge in [0.2, 0.25) is 11.8 Å². The summed E-state index contributed by atoms with van der Waals surface area (Å²) in [6.45, 7) is 8.73. The van der Waals surface area contributed by atoms with Crippen LogP contribution in [0.3, 0.4) is 0 Å². The SMILES string of the molecule is CCN1CCN(C(=O)CN2C(=O)[C@H]3CCCCN3c3ccc(C(=O)N4CCCCC4)cc32)CC1. The van der Waals surface area contributed by atoms with E-state index in [1.807, 2.05) is 28.0 Å². The van der Waals surface area contributed by atoms with Crippen molar-refractivity contribution in [3.05, 3.63) is 23.8 Å². The van der Waals surface area contributed by atoms with Gasteiger partial charge in [0.05, 0.1) is 11.4 Å². The second kappa shape index (κ2) is 9.94. The van der Waals surface area contributed by atoms with E-state index in [-0.39, 0.29) is 30.3 Å². The van der Waals surface area contributed by atoms with Crippen molar-refractivity contribution in [2.24, 2.45) is 0 Å². The Morgan fingerprint density at radius 3 is 2.32 bits per heavy atom. The zero-order chi connectivity index (χ0) is 23.7. The fraction of sp³-hybridized carbons (Fsp3) is 0.654. The maximum absolute atomic E-state index is 13.6. The second-order valence-electron chi connectivity index (χ2n) is 10.0. The van der Waals surface area contributed by atoms with E-state index in [9.17, 15) is 14.4 Å². The number of piperazine rings is 1. The van der Waals surface area contributed by atoms with E-state index >= 15 is 0 Å². The Hall–Kier alpha value is -2.61. The van der Waals surface area contributed by atoms with E-state index in [2.05, 4.69) is 16.7 Å². The average molecular weight is 468 g/mol. The maximum Gasteiger partial charge on any atom is 0.253 e. The molecule has 0 N–H and O–H groups in total. The summed E-state index contributed by atoms with van der Waals surface area (Å²) in [5.74, 6) is 0.0140. The number of likely N-dealkylation sites (tertiary alicyclic amines) is 1. The molecule has 3 fully saturated rings. The van der Waals surface area contributed by atoms with Crippen molar-refractivity contribution in [3.8, 4) is 0 Å². The molecule has 34 heavy (non-hydrogen) atoms. The first-order chi connectivity index (χ1) is 16.6. The molecule has 0 saturated carbocycles. The molecule has 1 aromatic carbocycles. The summed E-state index contributed by atoms with van der Waals surface area (Å²) >= 11 is 0. The van der Waals surface area contributed by atoms with Crippen LogP contribution in [0.5, 0.6) is 0 Å². The molecule has 0 bridgehead atoms. The first-order valence-electron chi connectivity index (χ1n) is 13.1. The van der Waals surface area contributed by atoms with Crippen LogP contribution in [0.2, 0.25) is 0 Å². The molecule has 5 rings (SSSR count). The van der Waals surface area contributed by atoms with Crippen LogP contribution in [0, 0.1) is 0 Å². The molecule has 3 amide bonds. The van der Waals surface area contributed by atoms with Gasteiger partial charge in [0.1, 0.15) is 12.6 Å². The molecule has 0 radical (unpaired) electrons. The van der Waals surface area contributed by atoms with Gasteiger partial charge in [-0.15, -0.1) is 0 Å². The van der Waals surface area contributed by atoms with Gasteiger partial charge in [-0.25, -0.2) is 0 Å². The highest BCUT2D eigenvalue weighted by Gasteiger charge is 2.41. The molecule has 1 aromatic rings. The van der Waals surface area contributed by atoms with Gasteiger partial charge < -0.3 is 19.6 Å². The Labute approximate surface area is 202 Å². The third kappa shape index (κ3) is 4.40. The second-order valence-corrected chi connectivity index (χ2v) is 10.0. The lowest BCUT2D eigenvalue weighted by atomic mass is 9.95. The van der Waals surface area contributed by atoms with Crippen LogP contribution in [0.4, 0.5) is 11.4 Å². The van der Waals surface area contributed by atoms with Crippen molar-refractivity contribution < 1.29 is 14.4 Å². The Morgan fingerprint density at radius 1 is 0.853 bits per heavy atom. The summed E-state index contributed by atoms with van der Waals surface area (Å²) < 4.78 is 0. The van der Waals surface area contributed by atoms with E-state index in [4.69, 9.17) is 0 Å². The summed E-state index contributed by atoms with van der Waals surface area (Å²) in [6, 6.07) is 5.54. The first kappa shape index (κ1) is 23.1. The van der Waals surface area contributed by atoms with Crippen molar-refractivity contribution in [1.82, 2.24) is 14.7 Å². The number of benzene rings is 1. The number of likely N-dealkylation sites (N-methyl/N-ethyl adjacent to an activating group) is 1. The molecule has 3 saturated heterocycles. The summed E-state index contributed by atoms with van der Waals surface area (Å²) in [6.07, 6.45) is 6.13. The Morgan fingerprint density at radius 2 is 1.59 bits per heavy atom. The standard InChI is InChI=1S/C26H37N5O3/c1-2-27-14-16-28(17-15-27)24(32)19-31-23-18-20(25(33)29-11-5-3-6-12-29)9-10-21(23)30-13-7-4-8-22(30)26(31)34/h9-10,18,22H,2-8,11-17,19H2,1H3/t22-/m1/s1. The van der Waals surface area contributed by atoms with Gasteiger partial charge in [-0.2, -0.15) is 0 Å². The van der Waals surface area contributed by atoms with Crippen LogP contribution in [0.25, 0.3) is 0 Å². The topological polar surface area (TPSA) is 67.4 Å². The average Bonchev–Trinajstić information content (AvgIpc) is 2.90. The van der Waals surface area contributed by atoms with Crippen molar-refractivity contribution in [3.63, 3.8) is 0 Å². The summed E-state index contributed by atoms with van der Waals surface area (Å²) in [5, 5.41) is 0. The molecule has 0 unspecified atom stereocenters. The van der Waals surface area contributed by atoms with Gasteiger partial charge in [-0.05, 0) is 63.3 Å². The number of nitrogens with zero attached hydrogens (tertiary/aromatic N) is 5. The molecule has 8 nitrogen and oxygen atoms in total. The highest BCUT2D eigenvalue weighted by molar-refractivity contribution is 6.09. The van der Waals surface area contributed by atoms with E-state index in [0.29, 0.717) is 24.3 Å². The molecule has 0 aliphatic carbocycles. The highest BCUT2D eigenvalue weighted by atomic mass is 16.2. The molecule has 4 aliphatic rings. The number of rotatable bonds is 4. The largest absolute Gasteiger partial charge is 0.358 e. The fourth-order valence-corrected chi connectivity index (χ4v) is 5.88. The predicted molar refractivity (Wildman–Crippen MR) is 132 cm³/mol. The summed E-state index contributed by atoms with van der Waals surface area (Å²) in [7, 11) is 0. The number of carbonyl (C=O) groups excluding carboxylic acids is 3. The zero-order valence-electron chi connectivity index (χ0n) is 20.4. The molecule has 0 aromatic heterocycles. The molecule has 0 spiro atoms. The lowest BCUT2D eigenvalue weighted by molar-refractivity contribution is -0.133. The van der Waals surface area contributed by atoms with Gasteiger partial charge in [-0.1, -0.05) is 6.92 Å². The first-order valence-corrected chi connectivity index (χ1v) is 13.1. The van der Waals surface area contributed by atoms with Crippen LogP contribution in [-0.2, 0) is 9.59 Å². The van der Waals surface area contributed by atoms with Crippen LogP contribution in [0.15, 0.2) is 18.2 Å². The third-order valence-corrected chi connectivity index (χ3v) is 7.99. The predicted octanol–water partition coefficient (Wildman–Crippen LogP) is 2.18. The monoisotopic (exact) mass is 467 g/mol. The van der Waals surface area contributed by atoms with Gasteiger partial charge in [-0.3, -0.25) is 19.3 Å². The van der Waals surface area contributed by atoms with Crippen molar-refractivity contribution in [2.75, 3.05) is 68.7 Å². The van der Waals surface area contributed by atoms with Crippen LogP contribution >= 0.6 is 0 Å². The van der Waals surface area contributed by atoms with Crippen LogP contribution in [0.1, 0.15) is 55.8 Å². The number of fused-ring (bicyclic) bond motifs is 3.